The van der Waals surface area contributed by atoms with Crippen molar-refractivity contribution in [1.29, 1.82) is 0 Å². The third kappa shape index (κ3) is 4.39. The van der Waals surface area contributed by atoms with Gasteiger partial charge in [-0.1, -0.05) is 17.7 Å². The Morgan fingerprint density at radius 1 is 1.07 bits per heavy atom. The molecule has 2 aromatic carbocycles. The van der Waals surface area contributed by atoms with Crippen LogP contribution in [0.4, 0.5) is 10.5 Å². The molecule has 1 N–H and O–H groups in total. The lowest BCUT2D eigenvalue weighted by Crippen LogP contribution is -2.31. The third-order valence-electron chi connectivity index (χ3n) is 4.82. The number of fused-ring (bicyclic) bond motifs is 1. The van der Waals surface area contributed by atoms with E-state index in [0.717, 1.165) is 34.7 Å². The molecule has 0 atom stereocenters. The molecule has 7 nitrogen and oxygen atoms in total. The topological polar surface area (TPSA) is 70.5 Å². The maximum Gasteiger partial charge on any atom is 0.321 e. The molecule has 7 heteroatoms. The number of nitrogens with one attached hydrogen (secondary N) is 1. The number of carbonyl (C=O) groups is 2. The number of nitrogens with zero attached hydrogens (tertiary/aromatic N) is 4. The van der Waals surface area contributed by atoms with E-state index in [4.69, 9.17) is 4.98 Å². The summed E-state index contributed by atoms with van der Waals surface area (Å²) in [5.74, 6) is 0.715. The first-order valence-corrected chi connectivity index (χ1v) is 9.59. The lowest BCUT2D eigenvalue weighted by Gasteiger charge is -2.18. The number of aromatic nitrogens is 2. The van der Waals surface area contributed by atoms with E-state index in [9.17, 15) is 9.59 Å². The number of rotatable bonds is 5. The second-order valence-electron chi connectivity index (χ2n) is 7.33. The molecule has 3 rings (SSSR count). The monoisotopic (exact) mass is 393 g/mol. The van der Waals surface area contributed by atoms with Gasteiger partial charge in [0.25, 0.3) is 5.91 Å². The molecule has 0 saturated carbocycles. The van der Waals surface area contributed by atoms with Crippen LogP contribution in [0.2, 0.25) is 0 Å². The van der Waals surface area contributed by atoms with Crippen LogP contribution in [0.25, 0.3) is 11.0 Å². The van der Waals surface area contributed by atoms with Gasteiger partial charge in [-0.05, 0) is 44.2 Å². The zero-order valence-corrected chi connectivity index (χ0v) is 17.6. The number of carbonyl (C=O) groups excluding carboxylic acids is 2. The molecule has 0 unspecified atom stereocenters. The molecular weight excluding hydrogens is 366 g/mol. The number of hydrogen-bond acceptors (Lipinski definition) is 3. The number of hydrogen-bond donors (Lipinski definition) is 1. The minimum absolute atomic E-state index is 0.0610. The zero-order chi connectivity index (χ0) is 21.1. The Balaban J connectivity index is 1.81. The van der Waals surface area contributed by atoms with Crippen molar-refractivity contribution in [3.8, 4) is 0 Å². The Morgan fingerprint density at radius 2 is 1.76 bits per heavy atom. The third-order valence-corrected chi connectivity index (χ3v) is 4.82. The quantitative estimate of drug-likeness (QED) is 0.718. The average Bonchev–Trinajstić information content (AvgIpc) is 3.04. The summed E-state index contributed by atoms with van der Waals surface area (Å²) >= 11 is 0. The van der Waals surface area contributed by atoms with Crippen LogP contribution < -0.4 is 5.32 Å². The van der Waals surface area contributed by atoms with Gasteiger partial charge in [-0.3, -0.25) is 4.79 Å². The van der Waals surface area contributed by atoms with Crippen LogP contribution in [0.15, 0.2) is 42.5 Å². The Hall–Kier alpha value is -3.35. The Kier molecular flexibility index (Phi) is 5.87. The van der Waals surface area contributed by atoms with E-state index in [1.54, 1.807) is 37.0 Å². The van der Waals surface area contributed by atoms with Gasteiger partial charge >= 0.3 is 6.03 Å². The van der Waals surface area contributed by atoms with Crippen molar-refractivity contribution in [2.24, 2.45) is 0 Å². The van der Waals surface area contributed by atoms with Crippen molar-refractivity contribution in [2.75, 3.05) is 26.5 Å². The van der Waals surface area contributed by atoms with Gasteiger partial charge in [0.1, 0.15) is 5.82 Å². The van der Waals surface area contributed by atoms with Crippen LogP contribution >= 0.6 is 0 Å². The second kappa shape index (κ2) is 8.34. The van der Waals surface area contributed by atoms with E-state index in [1.165, 1.54) is 0 Å². The van der Waals surface area contributed by atoms with E-state index in [0.29, 0.717) is 12.1 Å². The fourth-order valence-electron chi connectivity index (χ4n) is 3.18. The van der Waals surface area contributed by atoms with E-state index in [2.05, 4.69) is 9.88 Å². The van der Waals surface area contributed by atoms with Crippen molar-refractivity contribution in [3.63, 3.8) is 0 Å². The number of anilines is 1. The molecule has 1 aromatic heterocycles. The Morgan fingerprint density at radius 3 is 2.38 bits per heavy atom. The smallest absolute Gasteiger partial charge is 0.321 e. The highest BCUT2D eigenvalue weighted by atomic mass is 16.2. The molecule has 152 valence electrons. The largest absolute Gasteiger partial charge is 0.345 e. The molecule has 0 aliphatic rings. The van der Waals surface area contributed by atoms with Gasteiger partial charge in [-0.25, -0.2) is 9.78 Å². The van der Waals surface area contributed by atoms with Gasteiger partial charge in [0.05, 0.1) is 17.6 Å². The van der Waals surface area contributed by atoms with Crippen molar-refractivity contribution in [1.82, 2.24) is 19.4 Å². The normalized spacial score (nSPS) is 10.8. The predicted octanol–water partition coefficient (Wildman–Crippen LogP) is 3.73. The second-order valence-corrected chi connectivity index (χ2v) is 7.33. The maximum atomic E-state index is 12.6. The molecule has 3 aromatic rings. The van der Waals surface area contributed by atoms with Crippen molar-refractivity contribution >= 4 is 28.7 Å². The lowest BCUT2D eigenvalue weighted by molar-refractivity contribution is 0.0827. The van der Waals surface area contributed by atoms with E-state index in [1.807, 2.05) is 50.2 Å². The first-order chi connectivity index (χ1) is 13.8. The molecule has 0 aliphatic carbocycles. The predicted molar refractivity (Wildman–Crippen MR) is 115 cm³/mol. The number of urea groups is 1. The Labute approximate surface area is 170 Å². The fraction of sp³-hybridized carbons (Fsp3) is 0.318. The summed E-state index contributed by atoms with van der Waals surface area (Å²) in [6, 6.07) is 13.0. The first kappa shape index (κ1) is 20.4. The molecule has 3 amide bonds. The summed E-state index contributed by atoms with van der Waals surface area (Å²) in [4.78, 5) is 32.6. The summed E-state index contributed by atoms with van der Waals surface area (Å²) in [6.45, 7) is 5.12. The van der Waals surface area contributed by atoms with Crippen LogP contribution in [0.3, 0.4) is 0 Å². The molecule has 0 radical (unpaired) electrons. The van der Waals surface area contributed by atoms with Gasteiger partial charge in [-0.2, -0.15) is 0 Å². The molecule has 1 heterocycles. The maximum absolute atomic E-state index is 12.6. The van der Waals surface area contributed by atoms with Gasteiger partial charge in [0.2, 0.25) is 0 Å². The van der Waals surface area contributed by atoms with Crippen LogP contribution in [0.1, 0.15) is 28.7 Å². The molecule has 0 fully saturated rings. The van der Waals surface area contributed by atoms with Crippen molar-refractivity contribution in [2.45, 2.75) is 26.9 Å². The SMILES string of the molecule is CCn1c(CN(C)C(=O)Nc2ccc(C)cc2)nc2cc(C(=O)N(C)C)ccc21. The summed E-state index contributed by atoms with van der Waals surface area (Å²) < 4.78 is 2.06. The van der Waals surface area contributed by atoms with Gasteiger partial charge in [-0.15, -0.1) is 0 Å². The molecule has 0 spiro atoms. The molecule has 0 aliphatic heterocycles. The van der Waals surface area contributed by atoms with E-state index in [-0.39, 0.29) is 11.9 Å². The van der Waals surface area contributed by atoms with Gasteiger partial charge in [0.15, 0.2) is 0 Å². The van der Waals surface area contributed by atoms with Crippen molar-refractivity contribution in [3.05, 3.63) is 59.4 Å². The van der Waals surface area contributed by atoms with Gasteiger partial charge < -0.3 is 19.7 Å². The highest BCUT2D eigenvalue weighted by molar-refractivity contribution is 5.97. The van der Waals surface area contributed by atoms with Crippen molar-refractivity contribution < 1.29 is 9.59 Å². The number of aryl methyl sites for hydroxylation is 2. The summed E-state index contributed by atoms with van der Waals surface area (Å²) in [7, 11) is 5.19. The average molecular weight is 393 g/mol. The number of amides is 3. The van der Waals surface area contributed by atoms with E-state index < -0.39 is 0 Å². The fourth-order valence-corrected chi connectivity index (χ4v) is 3.18. The summed E-state index contributed by atoms with van der Waals surface area (Å²) in [5, 5.41) is 2.90. The minimum atomic E-state index is -0.202. The number of benzene rings is 2. The number of imidazole rings is 1. The summed E-state index contributed by atoms with van der Waals surface area (Å²) in [6.07, 6.45) is 0. The molecule has 29 heavy (non-hydrogen) atoms. The van der Waals surface area contributed by atoms with E-state index >= 15 is 0 Å². The first-order valence-electron chi connectivity index (χ1n) is 9.59. The van der Waals surface area contributed by atoms with Gasteiger partial charge in [0, 0.05) is 38.9 Å². The highest BCUT2D eigenvalue weighted by Crippen LogP contribution is 2.20. The van der Waals surface area contributed by atoms with Crippen LogP contribution in [0, 0.1) is 6.92 Å². The highest BCUT2D eigenvalue weighted by Gasteiger charge is 2.17. The minimum Gasteiger partial charge on any atom is -0.345 e. The molecular formula is C22H27N5O2. The van der Waals surface area contributed by atoms with Crippen LogP contribution in [-0.4, -0.2) is 52.4 Å². The molecule has 0 bridgehead atoms. The summed E-state index contributed by atoms with van der Waals surface area (Å²) in [5.41, 5.74) is 4.19. The standard InChI is InChI=1S/C22H27N5O2/c1-6-27-19-12-9-16(21(28)25(3)4)13-18(19)24-20(27)14-26(5)22(29)23-17-10-7-15(2)8-11-17/h7-13H,6,14H2,1-5H3,(H,23,29). The Bertz CT molecular complexity index is 1040. The van der Waals surface area contributed by atoms with Crippen LogP contribution in [0.5, 0.6) is 0 Å². The molecule has 0 saturated heterocycles. The lowest BCUT2D eigenvalue weighted by atomic mass is 10.2. The van der Waals surface area contributed by atoms with Crippen LogP contribution in [-0.2, 0) is 13.1 Å². The zero-order valence-electron chi connectivity index (χ0n) is 17.6.